The number of carbonyl (C=O) groups excluding carboxylic acids is 2. The Balaban J connectivity index is 4.55. The lowest BCUT2D eigenvalue weighted by atomic mass is 10.0. The molecule has 3 unspecified atom stereocenters. The van der Waals surface area contributed by atoms with Crippen LogP contribution in [-0.4, -0.2) is 46.9 Å². The molecule has 0 spiro atoms. The highest BCUT2D eigenvalue weighted by atomic mass is 16.5. The smallest absolute Gasteiger partial charge is 0.306 e. The zero-order valence-corrected chi connectivity index (χ0v) is 41.3. The van der Waals surface area contributed by atoms with Crippen LogP contribution in [0.5, 0.6) is 0 Å². The van der Waals surface area contributed by atoms with Crippen LogP contribution in [0.1, 0.15) is 271 Å². The molecule has 0 aromatic carbocycles. The van der Waals surface area contributed by atoms with E-state index in [-0.39, 0.29) is 24.9 Å². The van der Waals surface area contributed by atoms with Gasteiger partial charge in [-0.1, -0.05) is 243 Å². The second kappa shape index (κ2) is 49.8. The Bertz CT molecular complexity index is 1070. The largest absolute Gasteiger partial charge is 0.458 e. The molecule has 1 amide bonds. The van der Waals surface area contributed by atoms with E-state index in [1.807, 2.05) is 12.2 Å². The van der Waals surface area contributed by atoms with E-state index in [2.05, 4.69) is 62.5 Å². The van der Waals surface area contributed by atoms with E-state index in [1.54, 1.807) is 0 Å². The summed E-state index contributed by atoms with van der Waals surface area (Å²) in [7, 11) is 0. The number of ether oxygens (including phenoxy) is 1. The number of allylic oxidation sites excluding steroid dienone is 7. The SMILES string of the molecule is CCCCC/C=C/C=C/CCCCCCCCC(=O)OC(/C=C/C/C=C\CCCCCCCC)CC(=O)NC(CO)C(O)CCCCCCCCCCCCCCCCCCC. The van der Waals surface area contributed by atoms with Crippen molar-refractivity contribution in [2.75, 3.05) is 6.61 Å². The van der Waals surface area contributed by atoms with E-state index in [0.717, 1.165) is 51.4 Å². The van der Waals surface area contributed by atoms with E-state index in [0.29, 0.717) is 19.3 Å². The highest BCUT2D eigenvalue weighted by Crippen LogP contribution is 2.17. The third-order valence-corrected chi connectivity index (χ3v) is 12.2. The molecule has 3 atom stereocenters. The number of hydrogen-bond acceptors (Lipinski definition) is 5. The Kier molecular flexibility index (Phi) is 48.1. The van der Waals surface area contributed by atoms with Crippen molar-refractivity contribution >= 4 is 11.9 Å². The number of rotatable bonds is 48. The maximum Gasteiger partial charge on any atom is 0.306 e. The second-order valence-electron chi connectivity index (χ2n) is 18.3. The normalized spacial score (nSPS) is 13.6. The minimum atomic E-state index is -0.813. The third-order valence-electron chi connectivity index (χ3n) is 12.2. The van der Waals surface area contributed by atoms with Crippen LogP contribution >= 0.6 is 0 Å². The predicted molar refractivity (Wildman–Crippen MR) is 269 cm³/mol. The molecule has 0 rings (SSSR count). The maximum atomic E-state index is 13.2. The van der Waals surface area contributed by atoms with Gasteiger partial charge >= 0.3 is 5.97 Å². The molecule has 0 aliphatic rings. The van der Waals surface area contributed by atoms with E-state index >= 15 is 0 Å². The van der Waals surface area contributed by atoms with Gasteiger partial charge in [-0.2, -0.15) is 0 Å². The summed E-state index contributed by atoms with van der Waals surface area (Å²) in [4.78, 5) is 26.1. The van der Waals surface area contributed by atoms with Crippen molar-refractivity contribution in [3.63, 3.8) is 0 Å². The lowest BCUT2D eigenvalue weighted by molar-refractivity contribution is -0.148. The molecule has 0 bridgehead atoms. The molecular formula is C56H103NO5. The Hall–Kier alpha value is -2.18. The number of unbranched alkanes of at least 4 members (excludes halogenated alkanes) is 31. The van der Waals surface area contributed by atoms with Gasteiger partial charge in [0.05, 0.1) is 25.2 Å². The standard InChI is InChI=1S/C56H103NO5/c1-4-7-10-13-16-19-22-24-26-27-29-30-33-36-39-42-45-48-54(59)53(51-58)57-55(60)50-52(47-44-41-38-35-32-21-18-15-12-9-6-3)62-56(61)49-46-43-40-37-34-31-28-25-23-20-17-14-11-8-5-2/h17,20,23,25,35,38,44,47,52-54,58-59H,4-16,18-19,21-22,24,26-34,36-37,39-43,45-46,48-51H2,1-3H3,(H,57,60)/b20-17+,25-23+,38-35-,47-44+. The summed E-state index contributed by atoms with van der Waals surface area (Å²) in [6.07, 6.45) is 60.6. The number of hydrogen-bond donors (Lipinski definition) is 3. The zero-order chi connectivity index (χ0) is 45.2. The van der Waals surface area contributed by atoms with Crippen molar-refractivity contribution in [3.8, 4) is 0 Å². The van der Waals surface area contributed by atoms with Crippen LogP contribution in [0, 0.1) is 0 Å². The van der Waals surface area contributed by atoms with E-state index in [1.165, 1.54) is 173 Å². The van der Waals surface area contributed by atoms with Crippen LogP contribution < -0.4 is 5.32 Å². The number of aliphatic hydroxyl groups is 2. The zero-order valence-electron chi connectivity index (χ0n) is 41.3. The second-order valence-corrected chi connectivity index (χ2v) is 18.3. The fourth-order valence-electron chi connectivity index (χ4n) is 8.03. The minimum absolute atomic E-state index is 0.0326. The molecule has 62 heavy (non-hydrogen) atoms. The van der Waals surface area contributed by atoms with Crippen molar-refractivity contribution in [2.45, 2.75) is 289 Å². The molecule has 0 saturated heterocycles. The van der Waals surface area contributed by atoms with Crippen molar-refractivity contribution in [1.82, 2.24) is 5.32 Å². The molecule has 0 aliphatic heterocycles. The Morgan fingerprint density at radius 1 is 0.500 bits per heavy atom. The lowest BCUT2D eigenvalue weighted by Crippen LogP contribution is -2.46. The predicted octanol–water partition coefficient (Wildman–Crippen LogP) is 16.2. The minimum Gasteiger partial charge on any atom is -0.458 e. The average Bonchev–Trinajstić information content (AvgIpc) is 3.26. The average molecular weight is 870 g/mol. The number of carbonyl (C=O) groups is 2. The van der Waals surface area contributed by atoms with Crippen LogP contribution in [0.3, 0.4) is 0 Å². The van der Waals surface area contributed by atoms with Crippen molar-refractivity contribution in [1.29, 1.82) is 0 Å². The van der Waals surface area contributed by atoms with Gasteiger partial charge in [0.1, 0.15) is 6.10 Å². The summed E-state index contributed by atoms with van der Waals surface area (Å²) in [5, 5.41) is 23.7. The van der Waals surface area contributed by atoms with Crippen LogP contribution in [0.15, 0.2) is 48.6 Å². The number of amides is 1. The number of esters is 1. The molecule has 6 heteroatoms. The van der Waals surface area contributed by atoms with Gasteiger partial charge in [0.15, 0.2) is 0 Å². The number of nitrogens with one attached hydrogen (secondary N) is 1. The quantitative estimate of drug-likeness (QED) is 0.0245. The lowest BCUT2D eigenvalue weighted by Gasteiger charge is -2.23. The summed E-state index contributed by atoms with van der Waals surface area (Å²) in [6.45, 7) is 6.43. The molecule has 0 radical (unpaired) electrons. The first-order valence-electron chi connectivity index (χ1n) is 26.9. The van der Waals surface area contributed by atoms with Crippen molar-refractivity contribution < 1.29 is 24.5 Å². The highest BCUT2D eigenvalue weighted by molar-refractivity contribution is 5.78. The maximum absolute atomic E-state index is 13.2. The molecular weight excluding hydrogens is 767 g/mol. The van der Waals surface area contributed by atoms with Gasteiger partial charge in [-0.05, 0) is 63.9 Å². The number of aliphatic hydroxyl groups excluding tert-OH is 2. The van der Waals surface area contributed by atoms with Crippen molar-refractivity contribution in [3.05, 3.63) is 48.6 Å². The first-order valence-corrected chi connectivity index (χ1v) is 26.9. The molecule has 0 fully saturated rings. The molecule has 0 aromatic rings. The summed E-state index contributed by atoms with van der Waals surface area (Å²) in [6, 6.07) is -0.734. The summed E-state index contributed by atoms with van der Waals surface area (Å²) < 4.78 is 5.83. The van der Waals surface area contributed by atoms with Crippen molar-refractivity contribution in [2.24, 2.45) is 0 Å². The van der Waals surface area contributed by atoms with Crippen LogP contribution in [-0.2, 0) is 14.3 Å². The Morgan fingerprint density at radius 2 is 0.903 bits per heavy atom. The van der Waals surface area contributed by atoms with E-state index < -0.39 is 18.2 Å². The molecule has 0 aromatic heterocycles. The van der Waals surface area contributed by atoms with E-state index in [9.17, 15) is 19.8 Å². The summed E-state index contributed by atoms with van der Waals surface area (Å²) >= 11 is 0. The van der Waals surface area contributed by atoms with Crippen LogP contribution in [0.2, 0.25) is 0 Å². The fourth-order valence-corrected chi connectivity index (χ4v) is 8.03. The summed E-state index contributed by atoms with van der Waals surface area (Å²) in [5.74, 6) is -0.610. The summed E-state index contributed by atoms with van der Waals surface area (Å²) in [5.41, 5.74) is 0. The molecule has 6 nitrogen and oxygen atoms in total. The van der Waals surface area contributed by atoms with Gasteiger partial charge in [-0.25, -0.2) is 0 Å². The topological polar surface area (TPSA) is 95.9 Å². The fraction of sp³-hybridized carbons (Fsp3) is 0.821. The Labute approximate surface area is 385 Å². The molecule has 0 saturated carbocycles. The third kappa shape index (κ3) is 44.4. The van der Waals surface area contributed by atoms with Crippen LogP contribution in [0.25, 0.3) is 0 Å². The van der Waals surface area contributed by atoms with Gasteiger partial charge in [-0.15, -0.1) is 0 Å². The Morgan fingerprint density at radius 3 is 1.39 bits per heavy atom. The van der Waals surface area contributed by atoms with Gasteiger partial charge in [-0.3, -0.25) is 9.59 Å². The van der Waals surface area contributed by atoms with Gasteiger partial charge in [0.2, 0.25) is 5.91 Å². The first kappa shape index (κ1) is 59.8. The molecule has 3 N–H and O–H groups in total. The van der Waals surface area contributed by atoms with Gasteiger partial charge in [0, 0.05) is 6.42 Å². The van der Waals surface area contributed by atoms with Gasteiger partial charge in [0.25, 0.3) is 0 Å². The highest BCUT2D eigenvalue weighted by Gasteiger charge is 2.23. The monoisotopic (exact) mass is 870 g/mol. The van der Waals surface area contributed by atoms with E-state index in [4.69, 9.17) is 4.74 Å². The van der Waals surface area contributed by atoms with Gasteiger partial charge < -0.3 is 20.3 Å². The molecule has 362 valence electrons. The first-order chi connectivity index (χ1) is 30.5. The molecule has 0 heterocycles. The van der Waals surface area contributed by atoms with Crippen LogP contribution in [0.4, 0.5) is 0 Å². The molecule has 0 aliphatic carbocycles.